The Hall–Kier alpha value is -2.71. The van der Waals surface area contributed by atoms with Gasteiger partial charge in [-0.3, -0.25) is 4.99 Å². The van der Waals surface area contributed by atoms with Crippen molar-refractivity contribution in [2.45, 2.75) is 26.0 Å². The summed E-state index contributed by atoms with van der Waals surface area (Å²) in [4.78, 5) is 11.1. The fourth-order valence-electron chi connectivity index (χ4n) is 2.92. The number of rotatable bonds is 8. The third-order valence-electron chi connectivity index (χ3n) is 4.60. The Kier molecular flexibility index (Phi) is 7.37. The molecule has 2 aromatic heterocycles. The van der Waals surface area contributed by atoms with Gasteiger partial charge in [0.05, 0.1) is 24.1 Å². The molecule has 3 rings (SSSR count). The predicted molar refractivity (Wildman–Crippen MR) is 118 cm³/mol. The fourth-order valence-corrected chi connectivity index (χ4v) is 3.76. The van der Waals surface area contributed by atoms with E-state index in [2.05, 4.69) is 36.9 Å². The number of thiazole rings is 1. The molecule has 7 nitrogen and oxygen atoms in total. The van der Waals surface area contributed by atoms with E-state index < -0.39 is 0 Å². The SMILES string of the molecule is CN=C(NCCc1cnn(-c2ccccc2)c1)N(C)Cc1csc(C(C)OC)n1. The van der Waals surface area contributed by atoms with Gasteiger partial charge in [0, 0.05) is 39.3 Å². The summed E-state index contributed by atoms with van der Waals surface area (Å²) in [6.07, 6.45) is 4.87. The molecule has 29 heavy (non-hydrogen) atoms. The normalized spacial score (nSPS) is 12.8. The van der Waals surface area contributed by atoms with Gasteiger partial charge in [-0.25, -0.2) is 9.67 Å². The first-order valence-corrected chi connectivity index (χ1v) is 10.5. The molecule has 0 saturated carbocycles. The molecular weight excluding hydrogens is 384 g/mol. The maximum atomic E-state index is 5.34. The van der Waals surface area contributed by atoms with E-state index >= 15 is 0 Å². The van der Waals surface area contributed by atoms with Crippen molar-refractivity contribution in [3.63, 3.8) is 0 Å². The zero-order chi connectivity index (χ0) is 20.6. The number of nitrogens with zero attached hydrogens (tertiary/aromatic N) is 5. The third kappa shape index (κ3) is 5.65. The van der Waals surface area contributed by atoms with E-state index in [1.165, 1.54) is 5.56 Å². The molecule has 0 aliphatic rings. The molecule has 0 bridgehead atoms. The van der Waals surface area contributed by atoms with Crippen molar-refractivity contribution in [2.75, 3.05) is 27.7 Å². The van der Waals surface area contributed by atoms with Crippen LogP contribution in [0.3, 0.4) is 0 Å². The molecule has 154 valence electrons. The first kappa shape index (κ1) is 21.0. The molecule has 1 unspecified atom stereocenters. The van der Waals surface area contributed by atoms with Gasteiger partial charge in [0.15, 0.2) is 5.96 Å². The highest BCUT2D eigenvalue weighted by atomic mass is 32.1. The van der Waals surface area contributed by atoms with Crippen LogP contribution >= 0.6 is 11.3 Å². The molecule has 0 spiro atoms. The number of methoxy groups -OCH3 is 1. The third-order valence-corrected chi connectivity index (χ3v) is 5.65. The number of hydrogen-bond donors (Lipinski definition) is 1. The van der Waals surface area contributed by atoms with Gasteiger partial charge in [-0.05, 0) is 31.0 Å². The number of guanidine groups is 1. The van der Waals surface area contributed by atoms with E-state index in [0.717, 1.165) is 35.3 Å². The number of nitrogens with one attached hydrogen (secondary N) is 1. The van der Waals surface area contributed by atoms with Crippen molar-refractivity contribution >= 4 is 17.3 Å². The molecule has 0 saturated heterocycles. The molecule has 0 fully saturated rings. The van der Waals surface area contributed by atoms with E-state index in [9.17, 15) is 0 Å². The van der Waals surface area contributed by atoms with E-state index in [0.29, 0.717) is 6.54 Å². The summed E-state index contributed by atoms with van der Waals surface area (Å²) in [7, 11) is 5.51. The molecule has 1 atom stereocenters. The van der Waals surface area contributed by atoms with Crippen molar-refractivity contribution in [2.24, 2.45) is 4.99 Å². The Bertz CT molecular complexity index is 920. The lowest BCUT2D eigenvalue weighted by molar-refractivity contribution is 0.119. The molecule has 0 radical (unpaired) electrons. The lowest BCUT2D eigenvalue weighted by Gasteiger charge is -2.21. The monoisotopic (exact) mass is 412 g/mol. The second-order valence-electron chi connectivity index (χ2n) is 6.76. The first-order valence-electron chi connectivity index (χ1n) is 9.58. The van der Waals surface area contributed by atoms with Gasteiger partial charge in [-0.2, -0.15) is 5.10 Å². The Balaban J connectivity index is 1.50. The second kappa shape index (κ2) is 10.2. The smallest absolute Gasteiger partial charge is 0.193 e. The Morgan fingerprint density at radius 3 is 2.86 bits per heavy atom. The highest BCUT2D eigenvalue weighted by Crippen LogP contribution is 2.20. The summed E-state index contributed by atoms with van der Waals surface area (Å²) < 4.78 is 7.24. The van der Waals surface area contributed by atoms with Gasteiger partial charge in [-0.15, -0.1) is 11.3 Å². The van der Waals surface area contributed by atoms with Crippen molar-refractivity contribution in [1.29, 1.82) is 0 Å². The minimum Gasteiger partial charge on any atom is -0.375 e. The van der Waals surface area contributed by atoms with Gasteiger partial charge in [0.25, 0.3) is 0 Å². The van der Waals surface area contributed by atoms with Crippen LogP contribution in [0, 0.1) is 0 Å². The lowest BCUT2D eigenvalue weighted by Crippen LogP contribution is -2.39. The minimum atomic E-state index is 0.0216. The number of para-hydroxylation sites is 1. The van der Waals surface area contributed by atoms with Crippen molar-refractivity contribution < 1.29 is 4.74 Å². The quantitative estimate of drug-likeness (QED) is 0.454. The molecule has 0 aliphatic carbocycles. The summed E-state index contributed by atoms with van der Waals surface area (Å²) in [5, 5.41) is 10.9. The Morgan fingerprint density at radius 1 is 1.34 bits per heavy atom. The van der Waals surface area contributed by atoms with Gasteiger partial charge >= 0.3 is 0 Å². The highest BCUT2D eigenvalue weighted by Gasteiger charge is 2.12. The maximum Gasteiger partial charge on any atom is 0.193 e. The highest BCUT2D eigenvalue weighted by molar-refractivity contribution is 7.09. The number of aromatic nitrogens is 3. The van der Waals surface area contributed by atoms with Gasteiger partial charge in [-0.1, -0.05) is 18.2 Å². The van der Waals surface area contributed by atoms with Crippen molar-refractivity contribution in [3.8, 4) is 5.69 Å². The Morgan fingerprint density at radius 2 is 2.14 bits per heavy atom. The standard InChI is InChI=1S/C21H28N6OS/c1-16(28-4)20-25-18(15-29-20)14-26(3)21(22-2)23-11-10-17-12-24-27(13-17)19-8-6-5-7-9-19/h5-9,12-13,15-16H,10-11,14H2,1-4H3,(H,22,23). The van der Waals surface area contributed by atoms with Crippen LogP contribution in [0.25, 0.3) is 5.69 Å². The maximum absolute atomic E-state index is 5.34. The molecule has 2 heterocycles. The van der Waals surface area contributed by atoms with Crippen LogP contribution < -0.4 is 5.32 Å². The summed E-state index contributed by atoms with van der Waals surface area (Å²) in [6, 6.07) is 10.1. The second-order valence-corrected chi connectivity index (χ2v) is 7.65. The van der Waals surface area contributed by atoms with Crippen LogP contribution in [0.2, 0.25) is 0 Å². The van der Waals surface area contributed by atoms with Crippen LogP contribution in [0.15, 0.2) is 53.1 Å². The van der Waals surface area contributed by atoms with E-state index in [-0.39, 0.29) is 6.10 Å². The topological polar surface area (TPSA) is 67.6 Å². The minimum absolute atomic E-state index is 0.0216. The van der Waals surface area contributed by atoms with Crippen LogP contribution in [0.5, 0.6) is 0 Å². The largest absolute Gasteiger partial charge is 0.375 e. The predicted octanol–water partition coefficient (Wildman–Crippen LogP) is 3.29. The van der Waals surface area contributed by atoms with Gasteiger partial charge in [0.1, 0.15) is 11.1 Å². The summed E-state index contributed by atoms with van der Waals surface area (Å²) >= 11 is 1.63. The fraction of sp³-hybridized carbons (Fsp3) is 0.381. The average Bonchev–Trinajstić information content (AvgIpc) is 3.41. The molecule has 0 amide bonds. The molecule has 3 aromatic rings. The zero-order valence-corrected chi connectivity index (χ0v) is 18.2. The lowest BCUT2D eigenvalue weighted by atomic mass is 10.2. The Labute approximate surface area is 176 Å². The molecule has 1 aromatic carbocycles. The van der Waals surface area contributed by atoms with Crippen LogP contribution in [-0.4, -0.2) is 53.4 Å². The number of ether oxygens (including phenoxy) is 1. The molecule has 1 N–H and O–H groups in total. The molecule has 8 heteroatoms. The van der Waals surface area contributed by atoms with Crippen LogP contribution in [-0.2, 0) is 17.7 Å². The summed E-state index contributed by atoms with van der Waals surface area (Å²) in [6.45, 7) is 3.48. The number of benzene rings is 1. The molecular formula is C21H28N6OS. The first-order chi connectivity index (χ1) is 14.1. The van der Waals surface area contributed by atoms with E-state index in [4.69, 9.17) is 4.74 Å². The number of hydrogen-bond acceptors (Lipinski definition) is 5. The van der Waals surface area contributed by atoms with Crippen molar-refractivity contribution in [3.05, 3.63) is 64.4 Å². The van der Waals surface area contributed by atoms with Crippen molar-refractivity contribution in [1.82, 2.24) is 25.0 Å². The summed E-state index contributed by atoms with van der Waals surface area (Å²) in [5.41, 5.74) is 3.26. The number of aliphatic imine (C=N–C) groups is 1. The van der Waals surface area contributed by atoms with Gasteiger partial charge in [0.2, 0.25) is 0 Å². The van der Waals surface area contributed by atoms with E-state index in [1.807, 2.05) is 55.2 Å². The van der Waals surface area contributed by atoms with Crippen LogP contribution in [0.4, 0.5) is 0 Å². The zero-order valence-electron chi connectivity index (χ0n) is 17.4. The van der Waals surface area contributed by atoms with Crippen LogP contribution in [0.1, 0.15) is 29.3 Å². The molecule has 0 aliphatic heterocycles. The van der Waals surface area contributed by atoms with Gasteiger partial charge < -0.3 is 15.0 Å². The van der Waals surface area contributed by atoms with E-state index in [1.54, 1.807) is 25.5 Å². The summed E-state index contributed by atoms with van der Waals surface area (Å²) in [5.74, 6) is 0.842. The average molecular weight is 413 g/mol.